The van der Waals surface area contributed by atoms with Crippen LogP contribution in [0.3, 0.4) is 0 Å². The minimum atomic E-state index is 0.281. The monoisotopic (exact) mass is 412 g/mol. The van der Waals surface area contributed by atoms with E-state index in [1.807, 2.05) is 24.5 Å². The summed E-state index contributed by atoms with van der Waals surface area (Å²) in [6, 6.07) is 8.32. The van der Waals surface area contributed by atoms with Gasteiger partial charge in [0, 0.05) is 67.2 Å². The van der Waals surface area contributed by atoms with Gasteiger partial charge >= 0.3 is 0 Å². The zero-order chi connectivity index (χ0) is 21.4. The third-order valence-corrected chi connectivity index (χ3v) is 6.22. The van der Waals surface area contributed by atoms with E-state index in [0.717, 1.165) is 53.2 Å². The number of aromatic nitrogens is 3. The molecule has 2 saturated heterocycles. The van der Waals surface area contributed by atoms with Crippen molar-refractivity contribution in [3.63, 3.8) is 0 Å². The van der Waals surface area contributed by atoms with Crippen LogP contribution in [0.25, 0.3) is 22.2 Å². The van der Waals surface area contributed by atoms with E-state index in [2.05, 4.69) is 32.8 Å². The van der Waals surface area contributed by atoms with Crippen molar-refractivity contribution in [3.8, 4) is 17.2 Å². The molecule has 1 spiro atoms. The summed E-state index contributed by atoms with van der Waals surface area (Å²) in [5.74, 6) is 0.972. The third-order valence-electron chi connectivity index (χ3n) is 6.22. The molecule has 0 aliphatic carbocycles. The number of nitriles is 1. The number of rotatable bonds is 5. The molecule has 156 valence electrons. The van der Waals surface area contributed by atoms with Gasteiger partial charge in [-0.05, 0) is 37.6 Å². The van der Waals surface area contributed by atoms with Crippen LogP contribution < -0.4 is 15.5 Å². The lowest BCUT2D eigenvalue weighted by molar-refractivity contribution is 0.293. The first-order valence-electron chi connectivity index (χ1n) is 10.4. The summed E-state index contributed by atoms with van der Waals surface area (Å²) in [7, 11) is 1.80. The van der Waals surface area contributed by atoms with Gasteiger partial charge in [0.25, 0.3) is 0 Å². The maximum absolute atomic E-state index is 9.57. The Morgan fingerprint density at radius 1 is 1.35 bits per heavy atom. The first-order chi connectivity index (χ1) is 15.2. The van der Waals surface area contributed by atoms with Gasteiger partial charge in [0.1, 0.15) is 11.9 Å². The highest BCUT2D eigenvalue weighted by Gasteiger charge is 2.45. The van der Waals surface area contributed by atoms with Gasteiger partial charge < -0.3 is 20.9 Å². The highest BCUT2D eigenvalue weighted by Crippen LogP contribution is 2.34. The molecule has 3 aromatic heterocycles. The van der Waals surface area contributed by atoms with Crippen LogP contribution in [0.15, 0.2) is 43.0 Å². The van der Waals surface area contributed by atoms with E-state index < -0.39 is 0 Å². The Kier molecular flexibility index (Phi) is 4.68. The average Bonchev–Trinajstić information content (AvgIpc) is 3.43. The van der Waals surface area contributed by atoms with E-state index in [4.69, 9.17) is 10.4 Å². The standard InChI is InChI=1S/C23H24N8/c1-26-10-18(8-24)17-7-20(22-19(9-25)12-29-31(22)13-17)16-3-4-21(27-11-16)30-14-23(15-30)5-2-6-28-23/h3-4,7-8,10-13,24,26,28H,2,5-6,14-15H2,1H3/b18-10+,24-8?. The second-order valence-electron chi connectivity index (χ2n) is 8.21. The van der Waals surface area contributed by atoms with Crippen LogP contribution in [0, 0.1) is 16.7 Å². The molecule has 2 fully saturated rings. The van der Waals surface area contributed by atoms with Gasteiger partial charge in [0.15, 0.2) is 0 Å². The van der Waals surface area contributed by atoms with Crippen LogP contribution >= 0.6 is 0 Å². The van der Waals surface area contributed by atoms with Crippen molar-refractivity contribution in [1.82, 2.24) is 25.2 Å². The van der Waals surface area contributed by atoms with E-state index in [-0.39, 0.29) is 5.54 Å². The molecule has 3 aromatic rings. The first kappa shape index (κ1) is 19.3. The molecule has 31 heavy (non-hydrogen) atoms. The number of nitrogens with zero attached hydrogens (tertiary/aromatic N) is 5. The summed E-state index contributed by atoms with van der Waals surface area (Å²) in [6.45, 7) is 3.11. The molecule has 0 amide bonds. The topological polar surface area (TPSA) is 105 Å². The number of allylic oxidation sites excluding steroid dienone is 1. The lowest BCUT2D eigenvalue weighted by Gasteiger charge is -2.49. The van der Waals surface area contributed by atoms with E-state index in [1.54, 1.807) is 24.0 Å². The minimum Gasteiger partial charge on any atom is -0.393 e. The van der Waals surface area contributed by atoms with Crippen molar-refractivity contribution in [2.75, 3.05) is 31.6 Å². The average molecular weight is 413 g/mol. The summed E-state index contributed by atoms with van der Waals surface area (Å²) in [5.41, 5.74) is 4.87. The van der Waals surface area contributed by atoms with Crippen molar-refractivity contribution in [2.45, 2.75) is 18.4 Å². The zero-order valence-electron chi connectivity index (χ0n) is 17.4. The number of pyridine rings is 2. The van der Waals surface area contributed by atoms with Crippen LogP contribution in [-0.4, -0.2) is 53.0 Å². The fourth-order valence-corrected chi connectivity index (χ4v) is 4.66. The number of anilines is 1. The molecule has 2 aliphatic heterocycles. The zero-order valence-corrected chi connectivity index (χ0v) is 17.4. The number of hydrogen-bond donors (Lipinski definition) is 3. The van der Waals surface area contributed by atoms with Crippen molar-refractivity contribution < 1.29 is 0 Å². The Morgan fingerprint density at radius 3 is 2.87 bits per heavy atom. The molecule has 8 heteroatoms. The SMILES string of the molecule is CN/C=C(\C=N)c1cc(-c2ccc(N3CC4(CCCN4)C3)nc2)c2c(C#N)cnn2c1. The Hall–Kier alpha value is -3.70. The second kappa shape index (κ2) is 7.52. The summed E-state index contributed by atoms with van der Waals surface area (Å²) < 4.78 is 1.70. The van der Waals surface area contributed by atoms with Crippen LogP contribution in [0.4, 0.5) is 5.82 Å². The Bertz CT molecular complexity index is 1200. The molecule has 5 rings (SSSR count). The Balaban J connectivity index is 1.53. The van der Waals surface area contributed by atoms with Gasteiger partial charge in [-0.3, -0.25) is 0 Å². The van der Waals surface area contributed by atoms with Crippen molar-refractivity contribution >= 4 is 23.1 Å². The minimum absolute atomic E-state index is 0.281. The Labute approximate surface area is 180 Å². The molecule has 2 aliphatic rings. The fourth-order valence-electron chi connectivity index (χ4n) is 4.66. The van der Waals surface area contributed by atoms with Crippen LogP contribution in [0.1, 0.15) is 24.0 Å². The molecule has 0 saturated carbocycles. The smallest absolute Gasteiger partial charge is 0.128 e. The van der Waals surface area contributed by atoms with Crippen LogP contribution in [-0.2, 0) is 0 Å². The normalized spacial score (nSPS) is 17.5. The number of hydrogen-bond acceptors (Lipinski definition) is 7. The van der Waals surface area contributed by atoms with Crippen LogP contribution in [0.5, 0.6) is 0 Å². The quantitative estimate of drug-likeness (QED) is 0.556. The molecular formula is C23H24N8. The third kappa shape index (κ3) is 3.23. The first-order valence-corrected chi connectivity index (χ1v) is 10.4. The molecular weight excluding hydrogens is 388 g/mol. The molecule has 3 N–H and O–H groups in total. The van der Waals surface area contributed by atoms with E-state index in [9.17, 15) is 5.26 Å². The maximum atomic E-state index is 9.57. The second-order valence-corrected chi connectivity index (χ2v) is 8.21. The van der Waals surface area contributed by atoms with Gasteiger partial charge in [-0.2, -0.15) is 10.4 Å². The Morgan fingerprint density at radius 2 is 2.23 bits per heavy atom. The van der Waals surface area contributed by atoms with E-state index >= 15 is 0 Å². The molecule has 0 atom stereocenters. The molecule has 0 radical (unpaired) electrons. The molecule has 5 heterocycles. The summed E-state index contributed by atoms with van der Waals surface area (Å²) in [6.07, 6.45) is 10.8. The van der Waals surface area contributed by atoms with Gasteiger partial charge in [0.05, 0.1) is 22.8 Å². The van der Waals surface area contributed by atoms with E-state index in [0.29, 0.717) is 5.56 Å². The van der Waals surface area contributed by atoms with Crippen molar-refractivity contribution in [2.24, 2.45) is 0 Å². The highest BCUT2D eigenvalue weighted by molar-refractivity contribution is 6.08. The van der Waals surface area contributed by atoms with Crippen molar-refractivity contribution in [3.05, 3.63) is 54.1 Å². The summed E-state index contributed by atoms with van der Waals surface area (Å²) in [5, 5.41) is 28.3. The predicted octanol–water partition coefficient (Wildman–Crippen LogP) is 2.42. The molecule has 8 nitrogen and oxygen atoms in total. The highest BCUT2D eigenvalue weighted by atomic mass is 15.3. The largest absolute Gasteiger partial charge is 0.393 e. The lowest BCUT2D eigenvalue weighted by Crippen LogP contribution is -2.67. The summed E-state index contributed by atoms with van der Waals surface area (Å²) in [4.78, 5) is 7.03. The molecule has 0 unspecified atom stereocenters. The van der Waals surface area contributed by atoms with Gasteiger partial charge in [-0.1, -0.05) is 0 Å². The molecule has 0 bridgehead atoms. The fraction of sp³-hybridized carbons (Fsp3) is 0.304. The van der Waals surface area contributed by atoms with Crippen molar-refractivity contribution in [1.29, 1.82) is 10.7 Å². The van der Waals surface area contributed by atoms with Crippen LogP contribution in [0.2, 0.25) is 0 Å². The van der Waals surface area contributed by atoms with Gasteiger partial charge in [0.2, 0.25) is 0 Å². The predicted molar refractivity (Wildman–Crippen MR) is 121 cm³/mol. The number of nitrogens with one attached hydrogen (secondary N) is 3. The summed E-state index contributed by atoms with van der Waals surface area (Å²) >= 11 is 0. The lowest BCUT2D eigenvalue weighted by atomic mass is 9.88. The number of fused-ring (bicyclic) bond motifs is 1. The van der Waals surface area contributed by atoms with E-state index in [1.165, 1.54) is 19.1 Å². The van der Waals surface area contributed by atoms with Gasteiger partial charge in [-0.15, -0.1) is 0 Å². The molecule has 0 aromatic carbocycles. The van der Waals surface area contributed by atoms with Gasteiger partial charge in [-0.25, -0.2) is 9.50 Å². The maximum Gasteiger partial charge on any atom is 0.128 e.